The van der Waals surface area contributed by atoms with Gasteiger partial charge in [-0.05, 0) is 31.3 Å². The van der Waals surface area contributed by atoms with Crippen LogP contribution in [0.4, 0.5) is 15.9 Å². The van der Waals surface area contributed by atoms with Crippen LogP contribution >= 0.6 is 0 Å². The Balaban J connectivity index is 1.25. The third kappa shape index (κ3) is 4.53. The average Bonchev–Trinajstić information content (AvgIpc) is 3.63. The van der Waals surface area contributed by atoms with Gasteiger partial charge in [0.15, 0.2) is 17.5 Å². The van der Waals surface area contributed by atoms with Crippen LogP contribution in [0.3, 0.4) is 0 Å². The summed E-state index contributed by atoms with van der Waals surface area (Å²) in [5.74, 6) is 0.354. The summed E-state index contributed by atoms with van der Waals surface area (Å²) >= 11 is 0. The molecule has 0 unspecified atom stereocenters. The fraction of sp³-hybridized carbons (Fsp3) is 0.172. The Kier molecular flexibility index (Phi) is 6.08. The Bertz CT molecular complexity index is 1890. The minimum Gasteiger partial charge on any atom is -0.352 e. The zero-order valence-electron chi connectivity index (χ0n) is 22.1. The van der Waals surface area contributed by atoms with E-state index in [-0.39, 0.29) is 17.0 Å². The predicted molar refractivity (Wildman–Crippen MR) is 154 cm³/mol. The lowest BCUT2D eigenvalue weighted by Gasteiger charge is -2.33. The molecule has 3 N–H and O–H groups in total. The molecule has 1 aromatic carbocycles. The van der Waals surface area contributed by atoms with Gasteiger partial charge in [-0.3, -0.25) is 19.9 Å². The number of amides is 1. The number of aromatic amines is 2. The zero-order valence-corrected chi connectivity index (χ0v) is 22.1. The minimum absolute atomic E-state index is 0.0827. The van der Waals surface area contributed by atoms with Crippen molar-refractivity contribution in [3.05, 3.63) is 78.6 Å². The van der Waals surface area contributed by atoms with Gasteiger partial charge in [0, 0.05) is 49.7 Å². The van der Waals surface area contributed by atoms with E-state index in [0.29, 0.717) is 39.4 Å². The highest BCUT2D eigenvalue weighted by Gasteiger charge is 2.23. The van der Waals surface area contributed by atoms with Gasteiger partial charge in [-0.25, -0.2) is 14.4 Å². The first-order valence-corrected chi connectivity index (χ1v) is 13.2. The van der Waals surface area contributed by atoms with Crippen LogP contribution in [0, 0.1) is 5.82 Å². The van der Waals surface area contributed by atoms with Crippen LogP contribution in [0.2, 0.25) is 0 Å². The van der Waals surface area contributed by atoms with Crippen molar-refractivity contribution in [2.75, 3.05) is 43.4 Å². The molecule has 0 atom stereocenters. The number of halogens is 1. The molecule has 0 spiro atoms. The SMILES string of the molecule is CN1CCN(c2nccc3[nH]c(-c4n[nH]c5cnc(-c6cncc(NC(=O)c7ccccc7)c6)c(F)c45)nc23)CC1. The zero-order chi connectivity index (χ0) is 27.9. The van der Waals surface area contributed by atoms with Crippen molar-refractivity contribution in [2.24, 2.45) is 0 Å². The van der Waals surface area contributed by atoms with E-state index in [1.807, 2.05) is 12.1 Å². The second-order valence-electron chi connectivity index (χ2n) is 9.97. The highest BCUT2D eigenvalue weighted by molar-refractivity contribution is 6.04. The number of hydrogen-bond acceptors (Lipinski definition) is 8. The molecule has 1 aliphatic heterocycles. The molecule has 1 amide bonds. The normalized spacial score (nSPS) is 14.1. The highest BCUT2D eigenvalue weighted by atomic mass is 19.1. The van der Waals surface area contributed by atoms with Crippen LogP contribution in [0.15, 0.2) is 67.3 Å². The molecule has 11 nitrogen and oxygen atoms in total. The maximum atomic E-state index is 16.2. The van der Waals surface area contributed by atoms with E-state index in [1.165, 1.54) is 18.6 Å². The Morgan fingerprint density at radius 1 is 0.976 bits per heavy atom. The van der Waals surface area contributed by atoms with Gasteiger partial charge in [0.05, 0.1) is 34.5 Å². The average molecular weight is 549 g/mol. The molecule has 1 aliphatic rings. The summed E-state index contributed by atoms with van der Waals surface area (Å²) in [6.07, 6.45) is 6.29. The maximum Gasteiger partial charge on any atom is 0.255 e. The Labute approximate surface area is 233 Å². The molecule has 0 saturated carbocycles. The standard InChI is InChI=1S/C29H25FN10O/c1-39-9-11-40(12-10-39)28-25-20(7-8-32-28)35-27(36-25)26-22-21(37-38-26)16-33-24(23(22)30)18-13-19(15-31-14-18)34-29(41)17-5-3-2-4-6-17/h2-8,13-16H,9-12H2,1H3,(H,34,41)(H,35,36)(H,37,38). The Morgan fingerprint density at radius 2 is 1.80 bits per heavy atom. The van der Waals surface area contributed by atoms with Crippen LogP contribution in [-0.2, 0) is 0 Å². The minimum atomic E-state index is -0.572. The molecule has 6 heterocycles. The van der Waals surface area contributed by atoms with E-state index in [9.17, 15) is 4.79 Å². The van der Waals surface area contributed by atoms with Crippen molar-refractivity contribution in [1.82, 2.24) is 40.0 Å². The van der Waals surface area contributed by atoms with E-state index in [1.54, 1.807) is 36.5 Å². The molecule has 12 heteroatoms. The predicted octanol–water partition coefficient (Wildman–Crippen LogP) is 4.10. The first kappa shape index (κ1) is 24.8. The van der Waals surface area contributed by atoms with Crippen molar-refractivity contribution in [2.45, 2.75) is 0 Å². The molecular formula is C29H25FN10O. The molecule has 6 aromatic rings. The van der Waals surface area contributed by atoms with Crippen molar-refractivity contribution in [1.29, 1.82) is 0 Å². The van der Waals surface area contributed by atoms with Crippen LogP contribution < -0.4 is 10.2 Å². The lowest BCUT2D eigenvalue weighted by Crippen LogP contribution is -2.44. The molecule has 204 valence electrons. The summed E-state index contributed by atoms with van der Waals surface area (Å²) in [5.41, 5.74) is 3.69. The molecule has 41 heavy (non-hydrogen) atoms. The molecule has 1 saturated heterocycles. The number of nitrogens with zero attached hydrogens (tertiary/aromatic N) is 7. The van der Waals surface area contributed by atoms with Gasteiger partial charge in [0.25, 0.3) is 5.91 Å². The number of rotatable bonds is 5. The number of hydrogen-bond donors (Lipinski definition) is 3. The van der Waals surface area contributed by atoms with E-state index in [2.05, 4.69) is 52.3 Å². The van der Waals surface area contributed by atoms with Crippen LogP contribution in [0.1, 0.15) is 10.4 Å². The van der Waals surface area contributed by atoms with Crippen molar-refractivity contribution in [3.63, 3.8) is 0 Å². The number of fused-ring (bicyclic) bond motifs is 2. The molecule has 5 aromatic heterocycles. The third-order valence-electron chi connectivity index (χ3n) is 7.26. The number of imidazole rings is 1. The summed E-state index contributed by atoms with van der Waals surface area (Å²) in [6.45, 7) is 3.57. The fourth-order valence-corrected chi connectivity index (χ4v) is 5.06. The van der Waals surface area contributed by atoms with Gasteiger partial charge in [-0.1, -0.05) is 18.2 Å². The number of likely N-dealkylation sites (N-methyl/N-ethyl adjacent to an activating group) is 1. The van der Waals surface area contributed by atoms with Gasteiger partial charge in [-0.2, -0.15) is 5.10 Å². The number of nitrogens with one attached hydrogen (secondary N) is 3. The van der Waals surface area contributed by atoms with Gasteiger partial charge in [0.1, 0.15) is 16.9 Å². The molecule has 0 bridgehead atoms. The van der Waals surface area contributed by atoms with Gasteiger partial charge < -0.3 is 20.1 Å². The topological polar surface area (TPSA) is 132 Å². The number of H-pyrrole nitrogens is 2. The van der Waals surface area contributed by atoms with Crippen LogP contribution in [0.5, 0.6) is 0 Å². The maximum absolute atomic E-state index is 16.2. The van der Waals surface area contributed by atoms with Gasteiger partial charge >= 0.3 is 0 Å². The Hall–Kier alpha value is -5.23. The molecule has 7 rings (SSSR count). The third-order valence-corrected chi connectivity index (χ3v) is 7.26. The van der Waals surface area contributed by atoms with Crippen molar-refractivity contribution >= 4 is 39.3 Å². The van der Waals surface area contributed by atoms with Crippen LogP contribution in [-0.4, -0.2) is 79.2 Å². The number of piperazine rings is 1. The molecule has 1 fully saturated rings. The number of anilines is 2. The molecule has 0 aliphatic carbocycles. The monoisotopic (exact) mass is 548 g/mol. The molecule has 0 radical (unpaired) electrons. The highest BCUT2D eigenvalue weighted by Crippen LogP contribution is 2.34. The second kappa shape index (κ2) is 10.1. The fourth-order valence-electron chi connectivity index (χ4n) is 5.06. The van der Waals surface area contributed by atoms with Crippen molar-refractivity contribution in [3.8, 4) is 22.8 Å². The van der Waals surface area contributed by atoms with E-state index < -0.39 is 5.82 Å². The second-order valence-corrected chi connectivity index (χ2v) is 9.97. The smallest absolute Gasteiger partial charge is 0.255 e. The summed E-state index contributed by atoms with van der Waals surface area (Å²) in [5, 5.41) is 10.3. The quantitative estimate of drug-likeness (QED) is 0.293. The van der Waals surface area contributed by atoms with Gasteiger partial charge in [0.2, 0.25) is 0 Å². The number of pyridine rings is 3. The van der Waals surface area contributed by atoms with Gasteiger partial charge in [-0.15, -0.1) is 0 Å². The van der Waals surface area contributed by atoms with E-state index >= 15 is 4.39 Å². The first-order chi connectivity index (χ1) is 20.0. The molecular weight excluding hydrogens is 523 g/mol. The van der Waals surface area contributed by atoms with Crippen LogP contribution in [0.25, 0.3) is 44.7 Å². The van der Waals surface area contributed by atoms with Crippen molar-refractivity contribution < 1.29 is 9.18 Å². The summed E-state index contributed by atoms with van der Waals surface area (Å²) in [4.78, 5) is 38.4. The number of carbonyl (C=O) groups excluding carboxylic acids is 1. The lowest BCUT2D eigenvalue weighted by atomic mass is 10.1. The van der Waals surface area contributed by atoms with E-state index in [0.717, 1.165) is 37.5 Å². The lowest BCUT2D eigenvalue weighted by molar-refractivity contribution is 0.102. The summed E-state index contributed by atoms with van der Waals surface area (Å²) in [7, 11) is 2.10. The summed E-state index contributed by atoms with van der Waals surface area (Å²) < 4.78 is 16.2. The Morgan fingerprint density at radius 3 is 2.63 bits per heavy atom. The first-order valence-electron chi connectivity index (χ1n) is 13.2. The van der Waals surface area contributed by atoms with E-state index in [4.69, 9.17) is 4.98 Å². The summed E-state index contributed by atoms with van der Waals surface area (Å²) in [6, 6.07) is 12.3. The number of benzene rings is 1. The number of carbonyl (C=O) groups is 1. The largest absolute Gasteiger partial charge is 0.352 e. The number of aromatic nitrogens is 7.